The number of amides is 1. The van der Waals surface area contributed by atoms with Crippen LogP contribution >= 0.6 is 0 Å². The molecule has 0 aromatic rings. The average molecular weight is 528 g/mol. The molecule has 0 spiro atoms. The first-order valence-corrected chi connectivity index (χ1v) is 14.9. The lowest BCUT2D eigenvalue weighted by atomic mass is 9.33. The molecule has 2 N–H and O–H groups in total. The van der Waals surface area contributed by atoms with Crippen LogP contribution in [0.4, 0.5) is 0 Å². The quantitative estimate of drug-likeness (QED) is 0.246. The Kier molecular flexibility index (Phi) is 6.16. The summed E-state index contributed by atoms with van der Waals surface area (Å²) in [6.07, 6.45) is 10.1. The minimum atomic E-state index is -0.637. The summed E-state index contributed by atoms with van der Waals surface area (Å²) in [6.45, 7) is 17.4. The highest BCUT2D eigenvalue weighted by atomic mass is 16.5. The van der Waals surface area contributed by atoms with E-state index < -0.39 is 5.41 Å². The van der Waals surface area contributed by atoms with Crippen molar-refractivity contribution >= 4 is 17.7 Å². The number of hydroxylamine groups is 1. The number of hydrogen-bond acceptors (Lipinski definition) is 5. The molecule has 4 saturated carbocycles. The summed E-state index contributed by atoms with van der Waals surface area (Å²) in [5.41, 5.74) is 1.98. The van der Waals surface area contributed by atoms with Gasteiger partial charge in [0.2, 0.25) is 5.91 Å². The van der Waals surface area contributed by atoms with Crippen molar-refractivity contribution in [1.29, 1.82) is 0 Å². The molecule has 0 aromatic heterocycles. The maximum Gasteiger partial charge on any atom is 0.302 e. The molecule has 0 aromatic carbocycles. The van der Waals surface area contributed by atoms with Crippen molar-refractivity contribution in [2.75, 3.05) is 0 Å². The highest BCUT2D eigenvalue weighted by Gasteiger charge is 2.70. The lowest BCUT2D eigenvalue weighted by Crippen LogP contribution is -2.66. The van der Waals surface area contributed by atoms with Crippen molar-refractivity contribution in [1.82, 2.24) is 5.48 Å². The lowest BCUT2D eigenvalue weighted by molar-refractivity contribution is -0.210. The van der Waals surface area contributed by atoms with Gasteiger partial charge in [0.15, 0.2) is 5.78 Å². The van der Waals surface area contributed by atoms with Crippen molar-refractivity contribution in [3.05, 3.63) is 11.6 Å². The van der Waals surface area contributed by atoms with E-state index in [9.17, 15) is 19.6 Å². The maximum absolute atomic E-state index is 14.4. The second-order valence-electron chi connectivity index (χ2n) is 15.7. The zero-order valence-corrected chi connectivity index (χ0v) is 24.8. The van der Waals surface area contributed by atoms with Gasteiger partial charge in [-0.3, -0.25) is 19.6 Å². The number of esters is 1. The Balaban J connectivity index is 1.57. The number of nitrogens with one attached hydrogen (secondary N) is 1. The van der Waals surface area contributed by atoms with Gasteiger partial charge < -0.3 is 4.74 Å². The monoisotopic (exact) mass is 527 g/mol. The van der Waals surface area contributed by atoms with Crippen molar-refractivity contribution in [3.8, 4) is 0 Å². The van der Waals surface area contributed by atoms with E-state index in [2.05, 4.69) is 41.5 Å². The third kappa shape index (κ3) is 3.50. The molecule has 0 aliphatic heterocycles. The van der Waals surface area contributed by atoms with Gasteiger partial charge in [-0.2, -0.15) is 0 Å². The molecule has 1 amide bonds. The summed E-state index contributed by atoms with van der Waals surface area (Å²) >= 11 is 0. The SMILES string of the molecule is CC(=O)O[C@H]1CC[C@@]2(C)C(CC[C@]3(C)[C@@H]2C(=O)C=C2[C@@H]4C[C@@](C)(C(=O)NO)CC[C@]4(C)CC[C@]23C)C1(C)C. The van der Waals surface area contributed by atoms with Crippen molar-refractivity contribution in [2.45, 2.75) is 119 Å². The van der Waals surface area contributed by atoms with Gasteiger partial charge in [-0.05, 0) is 97.4 Å². The fourth-order valence-electron chi connectivity index (χ4n) is 10.9. The first-order chi connectivity index (χ1) is 17.5. The maximum atomic E-state index is 14.4. The molecule has 0 saturated heterocycles. The van der Waals surface area contributed by atoms with Crippen molar-refractivity contribution < 1.29 is 24.3 Å². The van der Waals surface area contributed by atoms with Gasteiger partial charge in [-0.25, -0.2) is 5.48 Å². The summed E-state index contributed by atoms with van der Waals surface area (Å²) in [7, 11) is 0. The Morgan fingerprint density at radius 1 is 0.947 bits per heavy atom. The van der Waals surface area contributed by atoms with Crippen LogP contribution in [0.2, 0.25) is 0 Å². The Labute approximate surface area is 228 Å². The fourth-order valence-corrected chi connectivity index (χ4v) is 10.9. The van der Waals surface area contributed by atoms with E-state index in [0.717, 1.165) is 51.4 Å². The van der Waals surface area contributed by atoms with E-state index >= 15 is 0 Å². The molecule has 5 aliphatic carbocycles. The van der Waals surface area contributed by atoms with Crippen LogP contribution in [0.15, 0.2) is 11.6 Å². The molecule has 0 radical (unpaired) electrons. The normalized spacial score (nSPS) is 49.4. The zero-order valence-electron chi connectivity index (χ0n) is 24.8. The number of rotatable bonds is 2. The first-order valence-electron chi connectivity index (χ1n) is 14.9. The van der Waals surface area contributed by atoms with E-state index in [-0.39, 0.29) is 62.7 Å². The van der Waals surface area contributed by atoms with Gasteiger partial charge in [-0.15, -0.1) is 0 Å². The number of allylic oxidation sites excluding steroid dienone is 2. The van der Waals surface area contributed by atoms with Crippen LogP contribution in [0.5, 0.6) is 0 Å². The minimum absolute atomic E-state index is 0.0647. The predicted octanol–water partition coefficient (Wildman–Crippen LogP) is 6.40. The highest BCUT2D eigenvalue weighted by molar-refractivity contribution is 5.95. The summed E-state index contributed by atoms with van der Waals surface area (Å²) in [4.78, 5) is 39.0. The predicted molar refractivity (Wildman–Crippen MR) is 145 cm³/mol. The highest BCUT2D eigenvalue weighted by Crippen LogP contribution is 2.75. The molecular formula is C32H49NO5. The van der Waals surface area contributed by atoms with Gasteiger partial charge in [0.1, 0.15) is 6.10 Å². The molecule has 5 aliphatic rings. The number of ether oxygens (including phenoxy) is 1. The van der Waals surface area contributed by atoms with Gasteiger partial charge in [0.05, 0.1) is 0 Å². The van der Waals surface area contributed by atoms with E-state index in [1.54, 1.807) is 0 Å². The molecule has 6 heteroatoms. The second kappa shape index (κ2) is 8.41. The molecule has 5 rings (SSSR count). The molecule has 38 heavy (non-hydrogen) atoms. The standard InChI is InChI=1S/C32H49NO5/c1-19(34)38-24-10-11-30(6)23(27(24,2)3)9-12-32(8)25(30)22(35)17-20-21-18-29(5,26(36)33-37)14-13-28(21,4)15-16-31(20,32)7/h17,21,23-25,37H,9-16,18H2,1-8H3,(H,33,36)/t21-,23?,24-,25+,28+,29-,30-,31+,32+/m0/s1. The van der Waals surface area contributed by atoms with Crippen LogP contribution in [-0.4, -0.2) is 29.0 Å². The van der Waals surface area contributed by atoms with Crippen LogP contribution in [-0.2, 0) is 19.1 Å². The fraction of sp³-hybridized carbons (Fsp3) is 0.844. The van der Waals surface area contributed by atoms with Crippen molar-refractivity contribution in [2.24, 2.45) is 50.2 Å². The number of hydrogen-bond donors (Lipinski definition) is 2. The zero-order chi connectivity index (χ0) is 28.1. The largest absolute Gasteiger partial charge is 0.462 e. The van der Waals surface area contributed by atoms with Gasteiger partial charge >= 0.3 is 5.97 Å². The third-order valence-corrected chi connectivity index (χ3v) is 13.5. The smallest absolute Gasteiger partial charge is 0.302 e. The van der Waals surface area contributed by atoms with E-state index in [0.29, 0.717) is 12.3 Å². The van der Waals surface area contributed by atoms with E-state index in [1.165, 1.54) is 12.5 Å². The van der Waals surface area contributed by atoms with Crippen LogP contribution in [0.3, 0.4) is 0 Å². The molecule has 4 fully saturated rings. The summed E-state index contributed by atoms with van der Waals surface area (Å²) in [5.74, 6) is 0.117. The molecule has 0 heterocycles. The van der Waals surface area contributed by atoms with Crippen LogP contribution in [0.25, 0.3) is 0 Å². The minimum Gasteiger partial charge on any atom is -0.462 e. The lowest BCUT2D eigenvalue weighted by Gasteiger charge is -2.70. The van der Waals surface area contributed by atoms with E-state index in [4.69, 9.17) is 4.74 Å². The average Bonchev–Trinajstić information content (AvgIpc) is 2.82. The number of carbonyl (C=O) groups excluding carboxylic acids is 3. The summed E-state index contributed by atoms with van der Waals surface area (Å²) in [5, 5.41) is 9.48. The number of fused-ring (bicyclic) bond motifs is 7. The molecule has 0 bridgehead atoms. The number of ketones is 1. The molecule has 9 atom stereocenters. The Morgan fingerprint density at radius 2 is 1.61 bits per heavy atom. The number of carbonyl (C=O) groups is 3. The molecule has 6 nitrogen and oxygen atoms in total. The second-order valence-corrected chi connectivity index (χ2v) is 15.7. The summed E-state index contributed by atoms with van der Waals surface area (Å²) < 4.78 is 5.83. The summed E-state index contributed by atoms with van der Waals surface area (Å²) in [6, 6.07) is 0. The first kappa shape index (κ1) is 27.9. The van der Waals surface area contributed by atoms with Crippen LogP contribution in [0, 0.1) is 50.2 Å². The van der Waals surface area contributed by atoms with Gasteiger partial charge in [-0.1, -0.05) is 54.0 Å². The van der Waals surface area contributed by atoms with Gasteiger partial charge in [0.25, 0.3) is 0 Å². The molecular weight excluding hydrogens is 478 g/mol. The van der Waals surface area contributed by atoms with Crippen LogP contribution in [0.1, 0.15) is 113 Å². The third-order valence-electron chi connectivity index (χ3n) is 13.5. The Bertz CT molecular complexity index is 1100. The Morgan fingerprint density at radius 3 is 2.24 bits per heavy atom. The van der Waals surface area contributed by atoms with Crippen LogP contribution < -0.4 is 5.48 Å². The molecule has 1 unspecified atom stereocenters. The van der Waals surface area contributed by atoms with Gasteiger partial charge in [0, 0.05) is 23.7 Å². The molecule has 212 valence electrons. The topological polar surface area (TPSA) is 92.7 Å². The van der Waals surface area contributed by atoms with Crippen molar-refractivity contribution in [3.63, 3.8) is 0 Å². The van der Waals surface area contributed by atoms with E-state index in [1.807, 2.05) is 18.5 Å². The Hall–Kier alpha value is -1.69.